The van der Waals surface area contributed by atoms with Gasteiger partial charge in [0.2, 0.25) is 22.8 Å². The highest BCUT2D eigenvalue weighted by Gasteiger charge is 2.72. The van der Waals surface area contributed by atoms with Crippen LogP contribution in [0.3, 0.4) is 0 Å². The summed E-state index contributed by atoms with van der Waals surface area (Å²) in [6, 6.07) is 0. The lowest BCUT2D eigenvalue weighted by Crippen LogP contribution is -2.70. The number of rotatable bonds is 0. The monoisotopic (exact) mass is 432 g/mol. The molecule has 8 heterocycles. The summed E-state index contributed by atoms with van der Waals surface area (Å²) in [7, 11) is 0. The van der Waals surface area contributed by atoms with E-state index in [2.05, 4.69) is 98.0 Å². The Balaban J connectivity index is 1.75. The molecule has 0 radical (unpaired) electrons. The molecule has 0 aromatic carbocycles. The molecule has 6 aliphatic heterocycles. The summed E-state index contributed by atoms with van der Waals surface area (Å²) < 4.78 is 10.5. The van der Waals surface area contributed by atoms with E-state index in [0.717, 1.165) is 0 Å². The van der Waals surface area contributed by atoms with Crippen LogP contribution in [0, 0.1) is 27.7 Å². The predicted octanol–water partition coefficient (Wildman–Crippen LogP) is 3.43. The number of nitrogens with zero attached hydrogens (tertiary/aromatic N) is 4. The van der Waals surface area contributed by atoms with Crippen LogP contribution < -0.4 is 10.7 Å². The Morgan fingerprint density at radius 3 is 1.61 bits per heavy atom. The van der Waals surface area contributed by atoms with E-state index >= 15 is 0 Å². The van der Waals surface area contributed by atoms with Crippen LogP contribution in [0.5, 0.6) is 0 Å². The third-order valence-electron chi connectivity index (χ3n) is 9.54. The van der Waals surface area contributed by atoms with Gasteiger partial charge in [-0.05, 0) is 83.7 Å². The number of hydrogen-bond donors (Lipinski definition) is 0. The zero-order valence-corrected chi connectivity index (χ0v) is 20.6. The molecule has 0 saturated carbocycles. The normalized spacial score (nSPS) is 24.8. The van der Waals surface area contributed by atoms with Crippen molar-refractivity contribution in [2.24, 2.45) is 0 Å². The standard InChI is InChI=1S/C29H28N4/c1-13-14(2)22-10-24-17(5)18(6)26-12-28-20(8)19(7)27-11-25-16(4)15(3)23-9-21(13)30(22)29(31(23)25,32(24)26)33(27)28/h9-12H,1-8H3/q+2. The van der Waals surface area contributed by atoms with Crippen molar-refractivity contribution >= 4 is 29.7 Å². The first kappa shape index (κ1) is 18.1. The van der Waals surface area contributed by atoms with Crippen molar-refractivity contribution < 1.29 is 9.15 Å². The Labute approximate surface area is 193 Å². The highest BCUT2D eigenvalue weighted by atomic mass is 15.6. The lowest BCUT2D eigenvalue weighted by atomic mass is 10.0. The van der Waals surface area contributed by atoms with Crippen molar-refractivity contribution in [3.8, 4) is 0 Å². The zero-order chi connectivity index (χ0) is 22.9. The van der Waals surface area contributed by atoms with Gasteiger partial charge in [-0.15, -0.1) is 0 Å². The van der Waals surface area contributed by atoms with Crippen LogP contribution in [0.2, 0.25) is 0 Å². The minimum atomic E-state index is -0.506. The molecule has 2 aromatic heterocycles. The molecular weight excluding hydrogens is 404 g/mol. The fourth-order valence-electron chi connectivity index (χ4n) is 7.19. The minimum absolute atomic E-state index is 0.506. The van der Waals surface area contributed by atoms with Gasteiger partial charge in [0.1, 0.15) is 0 Å². The Morgan fingerprint density at radius 1 is 0.515 bits per heavy atom. The van der Waals surface area contributed by atoms with E-state index in [1.54, 1.807) is 0 Å². The van der Waals surface area contributed by atoms with Crippen molar-refractivity contribution in [2.45, 2.75) is 61.3 Å². The van der Waals surface area contributed by atoms with Gasteiger partial charge >= 0.3 is 5.91 Å². The van der Waals surface area contributed by atoms with Crippen molar-refractivity contribution in [3.05, 3.63) is 84.1 Å². The van der Waals surface area contributed by atoms with Crippen LogP contribution in [0.15, 0.2) is 39.8 Å². The average Bonchev–Trinajstić information content (AvgIpc) is 3.40. The third kappa shape index (κ3) is 1.49. The largest absolute Gasteiger partial charge is 0.553 e. The zero-order valence-electron chi connectivity index (χ0n) is 20.6. The predicted molar refractivity (Wildman–Crippen MR) is 132 cm³/mol. The fourth-order valence-corrected chi connectivity index (χ4v) is 7.19. The molecule has 0 saturated heterocycles. The first-order chi connectivity index (χ1) is 15.7. The van der Waals surface area contributed by atoms with E-state index in [-0.39, 0.29) is 0 Å². The summed E-state index contributed by atoms with van der Waals surface area (Å²) in [5.74, 6) is -0.506. The topological polar surface area (TPSA) is 15.9 Å². The lowest BCUT2D eigenvalue weighted by molar-refractivity contribution is -0.837. The molecule has 2 aromatic rings. The van der Waals surface area contributed by atoms with Gasteiger partial charge in [-0.3, -0.25) is 0 Å². The molecule has 0 bridgehead atoms. The second-order valence-corrected chi connectivity index (χ2v) is 10.6. The SMILES string of the molecule is CC1=C(C)C2=[N+]3C1=Cc1c(C)c(C)c4n1C31n3c(c(C)c(C)c3=C4)=CC3=[N+]1C(=C2)C(C)=C3C. The lowest BCUT2D eigenvalue weighted by Gasteiger charge is -2.38. The fraction of sp³-hybridized carbons (Fsp3) is 0.310. The van der Waals surface area contributed by atoms with Gasteiger partial charge in [0.25, 0.3) is 0 Å². The van der Waals surface area contributed by atoms with Crippen LogP contribution in [-0.4, -0.2) is 29.7 Å². The van der Waals surface area contributed by atoms with E-state index in [9.17, 15) is 0 Å². The second kappa shape index (κ2) is 4.91. The Hall–Kier alpha value is -3.40. The maximum Gasteiger partial charge on any atom is 0.553 e. The van der Waals surface area contributed by atoms with Gasteiger partial charge in [-0.2, -0.15) is 9.13 Å². The summed E-state index contributed by atoms with van der Waals surface area (Å²) in [6.45, 7) is 18.4. The van der Waals surface area contributed by atoms with E-state index in [1.165, 1.54) is 89.4 Å². The maximum atomic E-state index is 2.63. The Morgan fingerprint density at radius 2 is 1.00 bits per heavy atom. The van der Waals surface area contributed by atoms with Crippen molar-refractivity contribution in [2.75, 3.05) is 0 Å². The van der Waals surface area contributed by atoms with Gasteiger partial charge in [0.15, 0.2) is 0 Å². The molecule has 1 unspecified atom stereocenters. The molecule has 0 N–H and O–H groups in total. The molecule has 6 aliphatic rings. The number of hydrogen-bond acceptors (Lipinski definition) is 0. The quantitative estimate of drug-likeness (QED) is 0.567. The van der Waals surface area contributed by atoms with Gasteiger partial charge in [0.05, 0.1) is 28.2 Å². The van der Waals surface area contributed by atoms with Gasteiger partial charge < -0.3 is 0 Å². The van der Waals surface area contributed by atoms with Crippen LogP contribution in [0.4, 0.5) is 0 Å². The molecule has 4 heteroatoms. The van der Waals surface area contributed by atoms with Crippen LogP contribution in [-0.2, 0) is 5.91 Å². The summed E-state index contributed by atoms with van der Waals surface area (Å²) in [6.07, 6.45) is 9.74. The summed E-state index contributed by atoms with van der Waals surface area (Å²) in [5.41, 5.74) is 19.1. The molecule has 33 heavy (non-hydrogen) atoms. The summed E-state index contributed by atoms with van der Waals surface area (Å²) in [4.78, 5) is 0. The second-order valence-electron chi connectivity index (χ2n) is 10.6. The highest BCUT2D eigenvalue weighted by Crippen LogP contribution is 2.50. The Bertz CT molecular complexity index is 1810. The first-order valence-corrected chi connectivity index (χ1v) is 12.0. The van der Waals surface area contributed by atoms with Gasteiger partial charge in [-0.25, -0.2) is 0 Å². The molecule has 4 nitrogen and oxygen atoms in total. The summed E-state index contributed by atoms with van der Waals surface area (Å²) in [5, 5.41) is 2.67. The van der Waals surface area contributed by atoms with Crippen molar-refractivity contribution in [1.29, 1.82) is 0 Å². The molecule has 0 aliphatic carbocycles. The van der Waals surface area contributed by atoms with Crippen LogP contribution >= 0.6 is 0 Å². The number of allylic oxidation sites excluding steroid dienone is 5. The smallest absolute Gasteiger partial charge is 0.199 e. The Kier molecular flexibility index (Phi) is 2.69. The van der Waals surface area contributed by atoms with Crippen LogP contribution in [0.1, 0.15) is 61.3 Å². The van der Waals surface area contributed by atoms with Crippen molar-refractivity contribution in [3.63, 3.8) is 0 Å². The van der Waals surface area contributed by atoms with E-state index in [0.29, 0.717) is 0 Å². The minimum Gasteiger partial charge on any atom is -0.199 e. The molecule has 162 valence electrons. The van der Waals surface area contributed by atoms with Gasteiger partial charge in [-0.1, -0.05) is 9.15 Å². The molecule has 1 spiro atoms. The molecule has 0 fully saturated rings. The van der Waals surface area contributed by atoms with Crippen LogP contribution in [0.25, 0.3) is 18.2 Å². The third-order valence-corrected chi connectivity index (χ3v) is 9.54. The molecule has 0 amide bonds. The number of aromatic nitrogens is 2. The summed E-state index contributed by atoms with van der Waals surface area (Å²) >= 11 is 0. The van der Waals surface area contributed by atoms with E-state index in [1.807, 2.05) is 0 Å². The molecule has 8 rings (SSSR count). The molecular formula is C29H28N4+2. The maximum absolute atomic E-state index is 2.63. The van der Waals surface area contributed by atoms with E-state index in [4.69, 9.17) is 0 Å². The van der Waals surface area contributed by atoms with Crippen molar-refractivity contribution in [1.82, 2.24) is 9.13 Å². The van der Waals surface area contributed by atoms with E-state index < -0.39 is 5.91 Å². The highest BCUT2D eigenvalue weighted by molar-refractivity contribution is 6.20. The average molecular weight is 433 g/mol. The molecule has 1 atom stereocenters. The first-order valence-electron chi connectivity index (χ1n) is 12.0. The van der Waals surface area contributed by atoms with Gasteiger partial charge in [0, 0.05) is 34.4 Å².